The van der Waals surface area contributed by atoms with Gasteiger partial charge in [0.2, 0.25) is 0 Å². The molecule has 0 bridgehead atoms. The molecule has 2 N–H and O–H groups in total. The molecule has 0 radical (unpaired) electrons. The van der Waals surface area contributed by atoms with Crippen molar-refractivity contribution < 1.29 is 4.79 Å². The molecule has 1 heterocycles. The Bertz CT molecular complexity index is 1190. The predicted molar refractivity (Wildman–Crippen MR) is 125 cm³/mol. The fourth-order valence-electron chi connectivity index (χ4n) is 2.82. The van der Waals surface area contributed by atoms with E-state index in [-0.39, 0.29) is 11.0 Å². The molecule has 4 aromatic rings. The number of aromatic nitrogens is 1. The van der Waals surface area contributed by atoms with E-state index in [2.05, 4.69) is 16.7 Å². The predicted octanol–water partition coefficient (Wildman–Crippen LogP) is 6.05. The number of thiazole rings is 1. The summed E-state index contributed by atoms with van der Waals surface area (Å²) in [4.78, 5) is 17.0. The van der Waals surface area contributed by atoms with Gasteiger partial charge in [-0.05, 0) is 67.2 Å². The zero-order chi connectivity index (χ0) is 20.4. The second-order valence-corrected chi connectivity index (χ2v) is 8.31. The Morgan fingerprint density at radius 2 is 1.83 bits per heavy atom. The van der Waals surface area contributed by atoms with E-state index in [1.807, 2.05) is 43.3 Å². The van der Waals surface area contributed by atoms with E-state index in [9.17, 15) is 4.79 Å². The zero-order valence-corrected chi connectivity index (χ0v) is 17.8. The number of anilines is 1. The normalized spacial score (nSPS) is 10.7. The Morgan fingerprint density at radius 3 is 2.59 bits per heavy atom. The maximum Gasteiger partial charge on any atom is 0.257 e. The van der Waals surface area contributed by atoms with E-state index < -0.39 is 0 Å². The highest BCUT2D eigenvalue weighted by Gasteiger charge is 2.11. The fraction of sp³-hybridized carbons (Fsp3) is 0.0455. The Hall–Kier alpha value is -2.80. The smallest absolute Gasteiger partial charge is 0.257 e. The molecule has 0 aliphatic rings. The van der Waals surface area contributed by atoms with Gasteiger partial charge in [0.05, 0.1) is 10.2 Å². The van der Waals surface area contributed by atoms with Crippen molar-refractivity contribution in [3.63, 3.8) is 0 Å². The van der Waals surface area contributed by atoms with Crippen molar-refractivity contribution in [3.05, 3.63) is 82.9 Å². The summed E-state index contributed by atoms with van der Waals surface area (Å²) >= 11 is 12.8. The molecule has 4 rings (SSSR count). The zero-order valence-electron chi connectivity index (χ0n) is 15.4. The lowest BCUT2D eigenvalue weighted by Crippen LogP contribution is -2.34. The van der Waals surface area contributed by atoms with Crippen LogP contribution >= 0.6 is 35.2 Å². The van der Waals surface area contributed by atoms with Gasteiger partial charge in [0.15, 0.2) is 5.11 Å². The molecule has 0 spiro atoms. The van der Waals surface area contributed by atoms with Crippen LogP contribution in [-0.2, 0) is 0 Å². The second-order valence-electron chi connectivity index (χ2n) is 6.43. The average Bonchev–Trinajstić information content (AvgIpc) is 3.14. The molecule has 29 heavy (non-hydrogen) atoms. The molecule has 0 saturated heterocycles. The molecule has 1 aromatic heterocycles. The van der Waals surface area contributed by atoms with Crippen molar-refractivity contribution in [3.8, 4) is 10.6 Å². The van der Waals surface area contributed by atoms with Crippen molar-refractivity contribution in [2.24, 2.45) is 0 Å². The van der Waals surface area contributed by atoms with Gasteiger partial charge in [-0.3, -0.25) is 10.1 Å². The molecule has 0 fully saturated rings. The maximum atomic E-state index is 12.3. The van der Waals surface area contributed by atoms with Gasteiger partial charge < -0.3 is 5.32 Å². The number of hydrogen-bond acceptors (Lipinski definition) is 4. The number of amides is 1. The van der Waals surface area contributed by atoms with Crippen LogP contribution in [0.1, 0.15) is 15.9 Å². The summed E-state index contributed by atoms with van der Waals surface area (Å²) in [7, 11) is 0. The SMILES string of the molecule is Cc1ccc(-c2nc3ccccc3s2)cc1NC(=S)NC(=O)c1ccc(Cl)cc1. The summed E-state index contributed by atoms with van der Waals surface area (Å²) in [6.45, 7) is 1.98. The molecule has 3 aromatic carbocycles. The van der Waals surface area contributed by atoms with Crippen molar-refractivity contribution >= 4 is 62.1 Å². The van der Waals surface area contributed by atoms with Crippen molar-refractivity contribution in [2.75, 3.05) is 5.32 Å². The third-order valence-corrected chi connectivity index (χ3v) is 5.90. The number of aryl methyl sites for hydroxylation is 1. The van der Waals surface area contributed by atoms with Crippen LogP contribution in [0.5, 0.6) is 0 Å². The molecule has 0 atom stereocenters. The van der Waals surface area contributed by atoms with Gasteiger partial charge in [-0.25, -0.2) is 4.98 Å². The molecule has 144 valence electrons. The Balaban J connectivity index is 1.52. The summed E-state index contributed by atoms with van der Waals surface area (Å²) in [5, 5.41) is 7.55. The van der Waals surface area contributed by atoms with Crippen LogP contribution in [0.4, 0.5) is 5.69 Å². The summed E-state index contributed by atoms with van der Waals surface area (Å²) in [5.74, 6) is -0.292. The van der Waals surface area contributed by atoms with Crippen molar-refractivity contribution in [2.45, 2.75) is 6.92 Å². The summed E-state index contributed by atoms with van der Waals surface area (Å²) in [6.07, 6.45) is 0. The average molecular weight is 438 g/mol. The molecule has 4 nitrogen and oxygen atoms in total. The van der Waals surface area contributed by atoms with Gasteiger partial charge in [0.25, 0.3) is 5.91 Å². The highest BCUT2D eigenvalue weighted by molar-refractivity contribution is 7.80. The number of benzene rings is 3. The van der Waals surface area contributed by atoms with Gasteiger partial charge in [-0.2, -0.15) is 0 Å². The fourth-order valence-corrected chi connectivity index (χ4v) is 4.11. The second kappa shape index (κ2) is 8.29. The van der Waals surface area contributed by atoms with Gasteiger partial charge in [-0.15, -0.1) is 11.3 Å². The van der Waals surface area contributed by atoms with Crippen LogP contribution in [0.2, 0.25) is 5.02 Å². The monoisotopic (exact) mass is 437 g/mol. The molecule has 7 heteroatoms. The first-order valence-corrected chi connectivity index (χ1v) is 10.4. The van der Waals surface area contributed by atoms with E-state index >= 15 is 0 Å². The molecule has 0 unspecified atom stereocenters. The molecular weight excluding hydrogens is 422 g/mol. The van der Waals surface area contributed by atoms with Gasteiger partial charge in [-0.1, -0.05) is 35.9 Å². The van der Waals surface area contributed by atoms with Crippen LogP contribution in [0.25, 0.3) is 20.8 Å². The Morgan fingerprint density at radius 1 is 1.07 bits per heavy atom. The number of para-hydroxylation sites is 1. The minimum atomic E-state index is -0.292. The van der Waals surface area contributed by atoms with Gasteiger partial charge in [0.1, 0.15) is 5.01 Å². The summed E-state index contributed by atoms with van der Waals surface area (Å²) in [6, 6.07) is 20.7. The standard InChI is InChI=1S/C22H16ClN3OS2/c1-13-6-7-15(21-24-17-4-2-3-5-19(17)29-21)12-18(13)25-22(28)26-20(27)14-8-10-16(23)11-9-14/h2-12H,1H3,(H2,25,26,27,28). The number of rotatable bonds is 3. The van der Waals surface area contributed by atoms with Gasteiger partial charge in [0, 0.05) is 21.8 Å². The van der Waals surface area contributed by atoms with Crippen LogP contribution in [-0.4, -0.2) is 16.0 Å². The lowest BCUT2D eigenvalue weighted by Gasteiger charge is -2.13. The molecule has 0 aliphatic carbocycles. The topological polar surface area (TPSA) is 54.0 Å². The minimum Gasteiger partial charge on any atom is -0.332 e. The molecule has 0 aliphatic heterocycles. The first-order chi connectivity index (χ1) is 14.0. The number of fused-ring (bicyclic) bond motifs is 1. The number of carbonyl (C=O) groups is 1. The Kier molecular flexibility index (Phi) is 5.58. The van der Waals surface area contributed by atoms with E-state index in [4.69, 9.17) is 28.8 Å². The maximum absolute atomic E-state index is 12.3. The molecular formula is C22H16ClN3OS2. The highest BCUT2D eigenvalue weighted by Crippen LogP contribution is 2.32. The van der Waals surface area contributed by atoms with E-state index in [1.165, 1.54) is 0 Å². The molecule has 0 saturated carbocycles. The lowest BCUT2D eigenvalue weighted by atomic mass is 10.1. The number of halogens is 1. The van der Waals surface area contributed by atoms with Crippen LogP contribution in [0, 0.1) is 6.92 Å². The number of carbonyl (C=O) groups excluding carboxylic acids is 1. The van der Waals surface area contributed by atoms with Gasteiger partial charge >= 0.3 is 0 Å². The first kappa shape index (κ1) is 19.5. The van der Waals surface area contributed by atoms with Crippen LogP contribution in [0.15, 0.2) is 66.7 Å². The lowest BCUT2D eigenvalue weighted by molar-refractivity contribution is 0.0977. The minimum absolute atomic E-state index is 0.231. The third-order valence-electron chi connectivity index (χ3n) is 4.36. The van der Waals surface area contributed by atoms with E-state index in [0.717, 1.165) is 32.0 Å². The number of nitrogens with zero attached hydrogens (tertiary/aromatic N) is 1. The summed E-state index contributed by atoms with van der Waals surface area (Å²) < 4.78 is 1.14. The van der Waals surface area contributed by atoms with Crippen molar-refractivity contribution in [1.82, 2.24) is 10.3 Å². The van der Waals surface area contributed by atoms with Crippen LogP contribution < -0.4 is 10.6 Å². The highest BCUT2D eigenvalue weighted by atomic mass is 35.5. The number of nitrogens with one attached hydrogen (secondary N) is 2. The number of thiocarbonyl (C=S) groups is 1. The quantitative estimate of drug-likeness (QED) is 0.383. The Labute approximate surface area is 182 Å². The largest absolute Gasteiger partial charge is 0.332 e. The van der Waals surface area contributed by atoms with Crippen LogP contribution in [0.3, 0.4) is 0 Å². The molecule has 1 amide bonds. The van der Waals surface area contributed by atoms with E-state index in [0.29, 0.717) is 10.6 Å². The summed E-state index contributed by atoms with van der Waals surface area (Å²) in [5.41, 5.74) is 4.29. The van der Waals surface area contributed by atoms with Crippen molar-refractivity contribution in [1.29, 1.82) is 0 Å². The third kappa shape index (κ3) is 4.45. The first-order valence-electron chi connectivity index (χ1n) is 8.84. The number of hydrogen-bond donors (Lipinski definition) is 2. The van der Waals surface area contributed by atoms with E-state index in [1.54, 1.807) is 35.6 Å².